The summed E-state index contributed by atoms with van der Waals surface area (Å²) in [6.45, 7) is 4.05. The number of carbonyl (C=O) groups excluding carboxylic acids is 2. The number of nitrogens with zero attached hydrogens (tertiary/aromatic N) is 2. The van der Waals surface area contributed by atoms with Crippen LogP contribution in [-0.2, 0) is 24.4 Å². The van der Waals surface area contributed by atoms with Crippen molar-refractivity contribution >= 4 is 11.8 Å². The van der Waals surface area contributed by atoms with Gasteiger partial charge in [0, 0.05) is 25.7 Å². The Labute approximate surface area is 183 Å². The van der Waals surface area contributed by atoms with Gasteiger partial charge in [-0.1, -0.05) is 6.07 Å². The highest BCUT2D eigenvalue weighted by molar-refractivity contribution is 6.00. The average molecular weight is 447 g/mol. The quantitative estimate of drug-likeness (QED) is 0.780. The number of halogens is 2. The van der Waals surface area contributed by atoms with Crippen LogP contribution < -0.4 is 14.8 Å². The Kier molecular flexibility index (Phi) is 5.04. The smallest absolute Gasteiger partial charge is 0.395 e. The van der Waals surface area contributed by atoms with Gasteiger partial charge in [0.15, 0.2) is 11.5 Å². The number of carbonyl (C=O) groups is 2. The van der Waals surface area contributed by atoms with Crippen molar-refractivity contribution in [2.75, 3.05) is 13.2 Å². The van der Waals surface area contributed by atoms with Crippen LogP contribution in [0, 0.1) is 0 Å². The zero-order valence-corrected chi connectivity index (χ0v) is 17.5. The molecule has 0 bridgehead atoms. The molecule has 4 heterocycles. The number of ether oxygens (including phenoxy) is 3. The molecule has 2 amide bonds. The highest BCUT2D eigenvalue weighted by Gasteiger charge is 2.43. The Morgan fingerprint density at radius 3 is 2.78 bits per heavy atom. The van der Waals surface area contributed by atoms with Crippen LogP contribution in [0.15, 0.2) is 24.3 Å². The van der Waals surface area contributed by atoms with Crippen LogP contribution >= 0.6 is 0 Å². The van der Waals surface area contributed by atoms with Gasteiger partial charge in [-0.25, -0.2) is 0 Å². The number of rotatable bonds is 4. The number of amides is 2. The van der Waals surface area contributed by atoms with Gasteiger partial charge in [-0.2, -0.15) is 0 Å². The summed E-state index contributed by atoms with van der Waals surface area (Å²) in [5.41, 5.74) is 2.11. The molecule has 0 radical (unpaired) electrons. The summed E-state index contributed by atoms with van der Waals surface area (Å²) in [5, 5.41) is 2.79. The average Bonchev–Trinajstić information content (AvgIpc) is 3.44. The zero-order valence-electron chi connectivity index (χ0n) is 17.5. The van der Waals surface area contributed by atoms with Crippen LogP contribution in [-0.4, -0.2) is 46.8 Å². The van der Waals surface area contributed by atoms with E-state index >= 15 is 0 Å². The molecule has 1 aromatic heterocycles. The maximum atomic E-state index is 13.2. The van der Waals surface area contributed by atoms with Crippen LogP contribution in [0.3, 0.4) is 0 Å². The van der Waals surface area contributed by atoms with Crippen molar-refractivity contribution in [1.29, 1.82) is 0 Å². The monoisotopic (exact) mass is 447 g/mol. The Morgan fingerprint density at radius 2 is 2.00 bits per heavy atom. The van der Waals surface area contributed by atoms with E-state index in [1.165, 1.54) is 12.1 Å². The van der Waals surface area contributed by atoms with Crippen molar-refractivity contribution in [2.24, 2.45) is 0 Å². The van der Waals surface area contributed by atoms with Gasteiger partial charge in [-0.3, -0.25) is 9.59 Å². The van der Waals surface area contributed by atoms with E-state index in [1.807, 2.05) is 16.4 Å². The van der Waals surface area contributed by atoms with Crippen molar-refractivity contribution in [3.63, 3.8) is 0 Å². The van der Waals surface area contributed by atoms with E-state index in [-0.39, 0.29) is 42.5 Å². The molecule has 170 valence electrons. The fraction of sp³-hybridized carbons (Fsp3) is 0.455. The standard InChI is InChI=1S/C22H23F2N3O5/c1-13-3-2-6-26(13)21(29)16-10-15(17-12-30-8-7-27(16)17)20(28)25-11-14-4-5-18-19(9-14)32-22(23,24)31-18/h4-5,9-10,13H,2-3,6-8,11-12H2,1H3,(H,25,28)/t13-/m0/s1. The molecule has 1 atom stereocenters. The van der Waals surface area contributed by atoms with Crippen LogP contribution in [0.4, 0.5) is 8.78 Å². The summed E-state index contributed by atoms with van der Waals surface area (Å²) in [6, 6.07) is 6.15. The highest BCUT2D eigenvalue weighted by Crippen LogP contribution is 2.41. The molecule has 1 N–H and O–H groups in total. The van der Waals surface area contributed by atoms with Gasteiger partial charge >= 0.3 is 6.29 Å². The molecular weight excluding hydrogens is 424 g/mol. The number of aromatic nitrogens is 1. The summed E-state index contributed by atoms with van der Waals surface area (Å²) in [5.74, 6) is -0.572. The molecule has 1 saturated heterocycles. The Hall–Kier alpha value is -3.14. The first kappa shape index (κ1) is 20.7. The number of nitrogens with one attached hydrogen (secondary N) is 1. The van der Waals surface area contributed by atoms with Gasteiger partial charge in [0.05, 0.1) is 24.5 Å². The van der Waals surface area contributed by atoms with Crippen molar-refractivity contribution in [3.8, 4) is 11.5 Å². The van der Waals surface area contributed by atoms with Gasteiger partial charge in [0.25, 0.3) is 11.8 Å². The lowest BCUT2D eigenvalue weighted by Crippen LogP contribution is -2.35. The minimum absolute atomic E-state index is 0.0528. The normalized spacial score (nSPS) is 20.8. The Bertz CT molecular complexity index is 1080. The fourth-order valence-corrected chi connectivity index (χ4v) is 4.46. The summed E-state index contributed by atoms with van der Waals surface area (Å²) < 4.78 is 42.7. The second kappa shape index (κ2) is 7.77. The SMILES string of the molecule is C[C@H]1CCCN1C(=O)c1cc(C(=O)NCc2ccc3c(c2)OC(F)(F)O3)c2n1CCOC2. The number of benzene rings is 1. The first-order valence-corrected chi connectivity index (χ1v) is 10.6. The first-order valence-electron chi connectivity index (χ1n) is 10.6. The van der Waals surface area contributed by atoms with Gasteiger partial charge < -0.3 is 29.0 Å². The molecule has 1 fully saturated rings. The molecule has 32 heavy (non-hydrogen) atoms. The van der Waals surface area contributed by atoms with Crippen LogP contribution in [0.1, 0.15) is 51.9 Å². The zero-order chi connectivity index (χ0) is 22.5. The molecule has 0 unspecified atom stereocenters. The van der Waals surface area contributed by atoms with Gasteiger partial charge in [0.1, 0.15) is 5.69 Å². The van der Waals surface area contributed by atoms with E-state index in [2.05, 4.69) is 14.8 Å². The molecule has 3 aliphatic heterocycles. The van der Waals surface area contributed by atoms with E-state index in [0.717, 1.165) is 12.8 Å². The van der Waals surface area contributed by atoms with Crippen molar-refractivity contribution < 1.29 is 32.6 Å². The van der Waals surface area contributed by atoms with E-state index in [1.54, 1.807) is 12.1 Å². The highest BCUT2D eigenvalue weighted by atomic mass is 19.3. The summed E-state index contributed by atoms with van der Waals surface area (Å²) in [6.07, 6.45) is -1.75. The third-order valence-corrected chi connectivity index (χ3v) is 6.10. The molecule has 10 heteroatoms. The largest absolute Gasteiger partial charge is 0.586 e. The molecule has 0 aliphatic carbocycles. The molecular formula is C22H23F2N3O5. The number of alkyl halides is 2. The Morgan fingerprint density at radius 1 is 1.19 bits per heavy atom. The van der Waals surface area contributed by atoms with Crippen LogP contribution in [0.5, 0.6) is 11.5 Å². The molecule has 0 saturated carbocycles. The van der Waals surface area contributed by atoms with Crippen LogP contribution in [0.25, 0.3) is 0 Å². The van der Waals surface area contributed by atoms with Crippen molar-refractivity contribution in [2.45, 2.75) is 51.8 Å². The second-order valence-electron chi connectivity index (χ2n) is 8.22. The topological polar surface area (TPSA) is 82.0 Å². The third kappa shape index (κ3) is 3.68. The number of hydrogen-bond acceptors (Lipinski definition) is 5. The van der Waals surface area contributed by atoms with E-state index in [9.17, 15) is 18.4 Å². The molecule has 2 aromatic rings. The lowest BCUT2D eigenvalue weighted by atomic mass is 10.1. The van der Waals surface area contributed by atoms with Gasteiger partial charge in [0.2, 0.25) is 0 Å². The summed E-state index contributed by atoms with van der Waals surface area (Å²) >= 11 is 0. The minimum Gasteiger partial charge on any atom is -0.395 e. The summed E-state index contributed by atoms with van der Waals surface area (Å²) in [7, 11) is 0. The lowest BCUT2D eigenvalue weighted by molar-refractivity contribution is -0.286. The number of likely N-dealkylation sites (tertiary alicyclic amines) is 1. The summed E-state index contributed by atoms with van der Waals surface area (Å²) in [4.78, 5) is 28.0. The minimum atomic E-state index is -3.69. The van der Waals surface area contributed by atoms with E-state index < -0.39 is 6.29 Å². The van der Waals surface area contributed by atoms with Gasteiger partial charge in [-0.05, 0) is 43.5 Å². The second-order valence-corrected chi connectivity index (χ2v) is 8.22. The molecule has 0 spiro atoms. The number of hydrogen-bond donors (Lipinski definition) is 1. The van der Waals surface area contributed by atoms with Crippen molar-refractivity contribution in [3.05, 3.63) is 46.8 Å². The number of fused-ring (bicyclic) bond motifs is 2. The van der Waals surface area contributed by atoms with Crippen LogP contribution in [0.2, 0.25) is 0 Å². The fourth-order valence-electron chi connectivity index (χ4n) is 4.46. The maximum Gasteiger partial charge on any atom is 0.586 e. The Balaban J connectivity index is 1.34. The molecule has 8 nitrogen and oxygen atoms in total. The predicted octanol–water partition coefficient (Wildman–Crippen LogP) is 2.89. The predicted molar refractivity (Wildman–Crippen MR) is 108 cm³/mol. The molecule has 3 aliphatic rings. The van der Waals surface area contributed by atoms with E-state index in [0.29, 0.717) is 42.2 Å². The van der Waals surface area contributed by atoms with E-state index in [4.69, 9.17) is 4.74 Å². The van der Waals surface area contributed by atoms with Crippen molar-refractivity contribution in [1.82, 2.24) is 14.8 Å². The first-order chi connectivity index (χ1) is 15.3. The molecule has 5 rings (SSSR count). The maximum absolute atomic E-state index is 13.2. The third-order valence-electron chi connectivity index (χ3n) is 6.10. The molecule has 1 aromatic carbocycles. The lowest BCUT2D eigenvalue weighted by Gasteiger charge is -2.24. The van der Waals surface area contributed by atoms with Gasteiger partial charge in [-0.15, -0.1) is 8.78 Å².